The van der Waals surface area contributed by atoms with Crippen LogP contribution in [0.3, 0.4) is 0 Å². The van der Waals surface area contributed by atoms with Crippen molar-refractivity contribution in [2.45, 2.75) is 13.3 Å². The van der Waals surface area contributed by atoms with E-state index in [9.17, 15) is 4.79 Å². The van der Waals surface area contributed by atoms with Crippen molar-refractivity contribution in [3.63, 3.8) is 0 Å². The van der Waals surface area contributed by atoms with Gasteiger partial charge in [0.15, 0.2) is 0 Å². The molecule has 0 aliphatic rings. The molecule has 0 fully saturated rings. The molecular weight excluding hydrogens is 265 g/mol. The van der Waals surface area contributed by atoms with Gasteiger partial charge < -0.3 is 5.32 Å². The van der Waals surface area contributed by atoms with E-state index in [0.29, 0.717) is 0 Å². The van der Waals surface area contributed by atoms with Crippen molar-refractivity contribution < 1.29 is 4.79 Å². The SMILES string of the molecule is CCc1cccc(NC(=O)I)c1. The van der Waals surface area contributed by atoms with Gasteiger partial charge in [0, 0.05) is 28.3 Å². The Morgan fingerprint density at radius 3 is 2.92 bits per heavy atom. The maximum absolute atomic E-state index is 10.7. The molecule has 3 heteroatoms. The fourth-order valence-electron chi connectivity index (χ4n) is 0.982. The van der Waals surface area contributed by atoms with Crippen LogP contribution < -0.4 is 5.32 Å². The highest BCUT2D eigenvalue weighted by Crippen LogP contribution is 2.11. The van der Waals surface area contributed by atoms with Crippen LogP contribution in [0.4, 0.5) is 10.5 Å². The van der Waals surface area contributed by atoms with E-state index in [1.54, 1.807) is 22.6 Å². The summed E-state index contributed by atoms with van der Waals surface area (Å²) in [5.41, 5.74) is 2.10. The van der Waals surface area contributed by atoms with Crippen molar-refractivity contribution in [3.05, 3.63) is 29.8 Å². The van der Waals surface area contributed by atoms with Crippen LogP contribution in [0, 0.1) is 0 Å². The number of hydrogen-bond acceptors (Lipinski definition) is 1. The topological polar surface area (TPSA) is 29.1 Å². The van der Waals surface area contributed by atoms with E-state index in [2.05, 4.69) is 12.2 Å². The number of aryl methyl sites for hydroxylation is 1. The van der Waals surface area contributed by atoms with Crippen LogP contribution in [0.1, 0.15) is 12.5 Å². The van der Waals surface area contributed by atoms with Crippen LogP contribution in [0.25, 0.3) is 0 Å². The van der Waals surface area contributed by atoms with Gasteiger partial charge in [0.25, 0.3) is 3.91 Å². The maximum atomic E-state index is 10.7. The van der Waals surface area contributed by atoms with Crippen molar-refractivity contribution >= 4 is 32.2 Å². The third-order valence-corrected chi connectivity index (χ3v) is 1.85. The first-order valence-corrected chi connectivity index (χ1v) is 4.85. The number of nitrogens with one attached hydrogen (secondary N) is 1. The van der Waals surface area contributed by atoms with Crippen molar-refractivity contribution in [1.82, 2.24) is 0 Å². The largest absolute Gasteiger partial charge is 0.317 e. The van der Waals surface area contributed by atoms with Gasteiger partial charge in [0.1, 0.15) is 0 Å². The number of halogens is 1. The first-order chi connectivity index (χ1) is 5.72. The number of carbonyl (C=O) groups is 1. The van der Waals surface area contributed by atoms with Crippen LogP contribution in [0.2, 0.25) is 0 Å². The lowest BCUT2D eigenvalue weighted by atomic mass is 10.1. The van der Waals surface area contributed by atoms with Crippen molar-refractivity contribution in [2.24, 2.45) is 0 Å². The number of rotatable bonds is 2. The van der Waals surface area contributed by atoms with Crippen molar-refractivity contribution in [2.75, 3.05) is 5.32 Å². The standard InChI is InChI=1S/C9H10INO/c1-2-7-4-3-5-8(6-7)11-9(10)12/h3-6H,2H2,1H3,(H,11,12). The van der Waals surface area contributed by atoms with Crippen LogP contribution in [0.5, 0.6) is 0 Å². The summed E-state index contributed by atoms with van der Waals surface area (Å²) >= 11 is 1.72. The Labute approximate surface area is 85.5 Å². The molecule has 0 radical (unpaired) electrons. The van der Waals surface area contributed by atoms with Crippen LogP contribution in [0.15, 0.2) is 24.3 Å². The summed E-state index contributed by atoms with van der Waals surface area (Å²) in [5.74, 6) is 0. The highest BCUT2D eigenvalue weighted by molar-refractivity contribution is 14.1. The van der Waals surface area contributed by atoms with Gasteiger partial charge in [-0.25, -0.2) is 0 Å². The maximum Gasteiger partial charge on any atom is 0.284 e. The molecule has 0 saturated carbocycles. The first-order valence-electron chi connectivity index (χ1n) is 3.78. The van der Waals surface area contributed by atoms with E-state index < -0.39 is 0 Å². The molecule has 0 aliphatic heterocycles. The molecule has 0 bridgehead atoms. The minimum atomic E-state index is -0.0548. The molecule has 64 valence electrons. The summed E-state index contributed by atoms with van der Waals surface area (Å²) < 4.78 is -0.0548. The predicted molar refractivity (Wildman–Crippen MR) is 58.9 cm³/mol. The Hall–Kier alpha value is -0.580. The minimum Gasteiger partial charge on any atom is -0.317 e. The lowest BCUT2D eigenvalue weighted by Gasteiger charge is -2.02. The molecule has 0 atom stereocenters. The summed E-state index contributed by atoms with van der Waals surface area (Å²) in [4.78, 5) is 10.7. The Kier molecular flexibility index (Phi) is 3.52. The zero-order valence-corrected chi connectivity index (χ0v) is 8.96. The molecule has 1 amide bonds. The first kappa shape index (κ1) is 9.51. The molecule has 0 unspecified atom stereocenters. The molecule has 0 aromatic heterocycles. The molecule has 0 heterocycles. The second kappa shape index (κ2) is 4.45. The second-order valence-electron chi connectivity index (χ2n) is 2.45. The predicted octanol–water partition coefficient (Wildman–Crippen LogP) is 3.22. The molecule has 1 rings (SSSR count). The summed E-state index contributed by atoms with van der Waals surface area (Å²) in [6, 6.07) is 7.86. The molecular formula is C9H10INO. The van der Waals surface area contributed by atoms with E-state index in [4.69, 9.17) is 0 Å². The van der Waals surface area contributed by atoms with Gasteiger partial charge in [-0.2, -0.15) is 0 Å². The van der Waals surface area contributed by atoms with Gasteiger partial charge in [-0.1, -0.05) is 19.1 Å². The summed E-state index contributed by atoms with van der Waals surface area (Å²) in [6.07, 6.45) is 0.991. The molecule has 1 aromatic rings. The Bertz CT molecular complexity index is 286. The molecule has 12 heavy (non-hydrogen) atoms. The zero-order valence-electron chi connectivity index (χ0n) is 6.80. The van der Waals surface area contributed by atoms with Gasteiger partial charge in [0.2, 0.25) is 0 Å². The molecule has 0 saturated heterocycles. The van der Waals surface area contributed by atoms with Gasteiger partial charge >= 0.3 is 0 Å². The molecule has 1 aromatic carbocycles. The fraction of sp³-hybridized carbons (Fsp3) is 0.222. The van der Waals surface area contributed by atoms with Crippen LogP contribution in [-0.2, 0) is 6.42 Å². The average molecular weight is 275 g/mol. The van der Waals surface area contributed by atoms with Crippen molar-refractivity contribution in [1.29, 1.82) is 0 Å². The number of benzene rings is 1. The van der Waals surface area contributed by atoms with E-state index in [-0.39, 0.29) is 3.91 Å². The van der Waals surface area contributed by atoms with Crippen LogP contribution >= 0.6 is 22.6 Å². The smallest absolute Gasteiger partial charge is 0.284 e. The number of anilines is 1. The average Bonchev–Trinajstić information content (AvgIpc) is 2.03. The van der Waals surface area contributed by atoms with E-state index in [1.165, 1.54) is 5.56 Å². The molecule has 1 N–H and O–H groups in total. The van der Waals surface area contributed by atoms with Gasteiger partial charge in [-0.15, -0.1) is 0 Å². The fourth-order valence-corrected chi connectivity index (χ4v) is 1.29. The molecule has 2 nitrogen and oxygen atoms in total. The van der Waals surface area contributed by atoms with E-state index >= 15 is 0 Å². The number of carbonyl (C=O) groups excluding carboxylic acids is 1. The van der Waals surface area contributed by atoms with Gasteiger partial charge in [-0.3, -0.25) is 4.79 Å². The molecule has 0 spiro atoms. The lowest BCUT2D eigenvalue weighted by Crippen LogP contribution is -2.00. The lowest BCUT2D eigenvalue weighted by molar-refractivity contribution is 0.272. The Balaban J connectivity index is 2.79. The number of hydrogen-bond donors (Lipinski definition) is 1. The highest BCUT2D eigenvalue weighted by atomic mass is 127. The monoisotopic (exact) mass is 275 g/mol. The second-order valence-corrected chi connectivity index (χ2v) is 3.43. The normalized spacial score (nSPS) is 9.50. The number of amides is 1. The van der Waals surface area contributed by atoms with E-state index in [1.807, 2.05) is 24.3 Å². The van der Waals surface area contributed by atoms with Gasteiger partial charge in [0.05, 0.1) is 0 Å². The van der Waals surface area contributed by atoms with Crippen molar-refractivity contribution in [3.8, 4) is 0 Å². The van der Waals surface area contributed by atoms with Gasteiger partial charge in [-0.05, 0) is 24.1 Å². The Morgan fingerprint density at radius 2 is 2.33 bits per heavy atom. The third kappa shape index (κ3) is 2.81. The quantitative estimate of drug-likeness (QED) is 0.501. The Morgan fingerprint density at radius 1 is 1.58 bits per heavy atom. The third-order valence-electron chi connectivity index (χ3n) is 1.58. The summed E-state index contributed by atoms with van der Waals surface area (Å²) in [7, 11) is 0. The van der Waals surface area contributed by atoms with Crippen LogP contribution in [-0.4, -0.2) is 3.91 Å². The summed E-state index contributed by atoms with van der Waals surface area (Å²) in [6.45, 7) is 2.09. The molecule has 0 aliphatic carbocycles. The van der Waals surface area contributed by atoms with E-state index in [0.717, 1.165) is 12.1 Å². The summed E-state index contributed by atoms with van der Waals surface area (Å²) in [5, 5.41) is 2.73. The zero-order chi connectivity index (χ0) is 8.97. The highest BCUT2D eigenvalue weighted by Gasteiger charge is 1.96. The minimum absolute atomic E-state index is 0.0548.